The lowest BCUT2D eigenvalue weighted by molar-refractivity contribution is 0.0546. The van der Waals surface area contributed by atoms with E-state index in [1.54, 1.807) is 24.3 Å². The van der Waals surface area contributed by atoms with E-state index >= 15 is 0 Å². The maximum atomic E-state index is 13.4. The van der Waals surface area contributed by atoms with Crippen molar-refractivity contribution in [1.82, 2.24) is 9.80 Å². The van der Waals surface area contributed by atoms with Crippen molar-refractivity contribution >= 4 is 66.7 Å². The van der Waals surface area contributed by atoms with Gasteiger partial charge >= 0.3 is 0 Å². The van der Waals surface area contributed by atoms with Gasteiger partial charge in [0.1, 0.15) is 0 Å². The van der Waals surface area contributed by atoms with Crippen LogP contribution in [-0.4, -0.2) is 74.0 Å². The van der Waals surface area contributed by atoms with Gasteiger partial charge in [-0.3, -0.25) is 29.0 Å². The summed E-state index contributed by atoms with van der Waals surface area (Å²) in [5, 5.41) is 6.40. The lowest BCUT2D eigenvalue weighted by atomic mass is 9.82. The number of carbonyl (C=O) groups excluding carboxylic acids is 4. The summed E-state index contributed by atoms with van der Waals surface area (Å²) in [6.07, 6.45) is 0. The zero-order valence-electron chi connectivity index (χ0n) is 20.8. The van der Waals surface area contributed by atoms with E-state index in [4.69, 9.17) is 9.47 Å². The molecule has 0 bridgehead atoms. The molecule has 7 rings (SSSR count). The molecule has 0 spiro atoms. The standard InChI is InChI=1S/C30H22N2O6/c1-37-13-11-31-27(33)19-7-3-15-17-5-9-21-26-22(30(36)32(29(21)35)12-14-38-2)10-6-18(24(17)26)16-4-8-20(28(31)34)25(19)23(15)16/h3-10H,11-14H2,1-2H3. The lowest BCUT2D eigenvalue weighted by Gasteiger charge is -2.30. The third-order valence-corrected chi connectivity index (χ3v) is 7.84. The minimum absolute atomic E-state index is 0.176. The van der Waals surface area contributed by atoms with E-state index in [1.165, 1.54) is 24.0 Å². The number of hydrogen-bond donors (Lipinski definition) is 0. The number of amides is 4. The minimum Gasteiger partial charge on any atom is -0.383 e. The molecule has 8 nitrogen and oxygen atoms in total. The Morgan fingerprint density at radius 3 is 1.03 bits per heavy atom. The summed E-state index contributed by atoms with van der Waals surface area (Å²) in [5.41, 5.74) is 1.91. The fourth-order valence-electron chi connectivity index (χ4n) is 6.14. The van der Waals surface area contributed by atoms with Crippen LogP contribution >= 0.6 is 0 Å². The van der Waals surface area contributed by atoms with Gasteiger partial charge in [-0.1, -0.05) is 24.3 Å². The van der Waals surface area contributed by atoms with Crippen LogP contribution in [0, 0.1) is 0 Å². The summed E-state index contributed by atoms with van der Waals surface area (Å²) >= 11 is 0. The van der Waals surface area contributed by atoms with Crippen molar-refractivity contribution in [3.8, 4) is 0 Å². The number of benzene rings is 5. The Labute approximate surface area is 216 Å². The third kappa shape index (κ3) is 2.76. The number of fused-ring (bicyclic) bond motifs is 2. The molecule has 2 heterocycles. The summed E-state index contributed by atoms with van der Waals surface area (Å²) in [6.45, 7) is 0.866. The maximum Gasteiger partial charge on any atom is 0.261 e. The topological polar surface area (TPSA) is 93.2 Å². The predicted octanol–water partition coefficient (Wildman–Crippen LogP) is 4.22. The van der Waals surface area contributed by atoms with Gasteiger partial charge in [0.25, 0.3) is 23.6 Å². The van der Waals surface area contributed by atoms with Crippen LogP contribution in [0.3, 0.4) is 0 Å². The van der Waals surface area contributed by atoms with Gasteiger partial charge in [-0.05, 0) is 56.6 Å². The van der Waals surface area contributed by atoms with Gasteiger partial charge in [-0.25, -0.2) is 0 Å². The minimum atomic E-state index is -0.341. The molecule has 8 heteroatoms. The van der Waals surface area contributed by atoms with Gasteiger partial charge in [0.15, 0.2) is 0 Å². The molecule has 188 valence electrons. The predicted molar refractivity (Wildman–Crippen MR) is 142 cm³/mol. The van der Waals surface area contributed by atoms with Gasteiger partial charge in [0.2, 0.25) is 0 Å². The van der Waals surface area contributed by atoms with E-state index in [0.717, 1.165) is 32.3 Å². The molecule has 0 radical (unpaired) electrons. The zero-order valence-corrected chi connectivity index (χ0v) is 20.8. The van der Waals surface area contributed by atoms with E-state index in [-0.39, 0.29) is 49.9 Å². The number of nitrogens with zero attached hydrogens (tertiary/aromatic N) is 2. The molecular weight excluding hydrogens is 484 g/mol. The Kier molecular flexibility index (Phi) is 4.82. The van der Waals surface area contributed by atoms with Gasteiger partial charge in [-0.2, -0.15) is 0 Å². The summed E-state index contributed by atoms with van der Waals surface area (Å²) < 4.78 is 10.2. The van der Waals surface area contributed by atoms with E-state index in [9.17, 15) is 19.2 Å². The van der Waals surface area contributed by atoms with Crippen molar-refractivity contribution in [2.45, 2.75) is 0 Å². The highest BCUT2D eigenvalue weighted by Gasteiger charge is 2.36. The molecule has 38 heavy (non-hydrogen) atoms. The van der Waals surface area contributed by atoms with Crippen LogP contribution in [0.25, 0.3) is 43.1 Å². The summed E-state index contributed by atoms with van der Waals surface area (Å²) in [7, 11) is 3.06. The molecule has 2 aliphatic rings. The monoisotopic (exact) mass is 506 g/mol. The Bertz CT molecular complexity index is 1630. The maximum absolute atomic E-state index is 13.4. The van der Waals surface area contributed by atoms with E-state index in [2.05, 4.69) is 0 Å². The molecule has 0 N–H and O–H groups in total. The average Bonchev–Trinajstić information content (AvgIpc) is 2.93. The number of imide groups is 2. The molecule has 0 aliphatic carbocycles. The fraction of sp³-hybridized carbons (Fsp3) is 0.200. The van der Waals surface area contributed by atoms with Crippen LogP contribution in [-0.2, 0) is 9.47 Å². The number of methoxy groups -OCH3 is 2. The fourth-order valence-corrected chi connectivity index (χ4v) is 6.14. The molecule has 0 saturated carbocycles. The largest absolute Gasteiger partial charge is 0.383 e. The van der Waals surface area contributed by atoms with Crippen LogP contribution in [0.1, 0.15) is 41.4 Å². The number of carbonyl (C=O) groups is 4. The van der Waals surface area contributed by atoms with Crippen LogP contribution < -0.4 is 0 Å². The molecule has 0 unspecified atom stereocenters. The quantitative estimate of drug-likeness (QED) is 0.195. The van der Waals surface area contributed by atoms with Crippen molar-refractivity contribution in [3.05, 3.63) is 70.8 Å². The Morgan fingerprint density at radius 2 is 0.763 bits per heavy atom. The summed E-state index contributed by atoms with van der Waals surface area (Å²) in [4.78, 5) is 55.9. The third-order valence-electron chi connectivity index (χ3n) is 7.84. The number of rotatable bonds is 6. The molecule has 0 fully saturated rings. The Hall–Kier alpha value is -4.40. The van der Waals surface area contributed by atoms with Crippen molar-refractivity contribution in [1.29, 1.82) is 0 Å². The van der Waals surface area contributed by atoms with Gasteiger partial charge in [0, 0.05) is 47.2 Å². The first kappa shape index (κ1) is 22.8. The molecule has 5 aromatic carbocycles. The van der Waals surface area contributed by atoms with Crippen molar-refractivity contribution in [2.75, 3.05) is 40.5 Å². The normalized spacial score (nSPS) is 15.3. The Morgan fingerprint density at radius 1 is 0.474 bits per heavy atom. The SMILES string of the molecule is COCCN1C(=O)c2ccc3c4ccc5c6c(ccc(c7ccc(c2c37)C1=O)c64)C(=O)N(CCOC)C5=O. The van der Waals surface area contributed by atoms with Gasteiger partial charge in [0.05, 0.1) is 26.3 Å². The zero-order chi connectivity index (χ0) is 26.3. The first-order valence-electron chi connectivity index (χ1n) is 12.4. The molecule has 0 saturated heterocycles. The first-order chi connectivity index (χ1) is 18.5. The molecule has 2 aliphatic heterocycles. The highest BCUT2D eigenvalue weighted by atomic mass is 16.5. The molecule has 0 aromatic heterocycles. The van der Waals surface area contributed by atoms with Crippen molar-refractivity contribution < 1.29 is 28.7 Å². The van der Waals surface area contributed by atoms with E-state index in [1.807, 2.05) is 24.3 Å². The second kappa shape index (κ2) is 8.05. The average molecular weight is 507 g/mol. The van der Waals surface area contributed by atoms with Crippen LogP contribution in [0.5, 0.6) is 0 Å². The second-order valence-electron chi connectivity index (χ2n) is 9.65. The lowest BCUT2D eigenvalue weighted by Crippen LogP contribution is -2.42. The molecular formula is C30H22N2O6. The van der Waals surface area contributed by atoms with Crippen LogP contribution in [0.2, 0.25) is 0 Å². The van der Waals surface area contributed by atoms with E-state index in [0.29, 0.717) is 33.0 Å². The first-order valence-corrected chi connectivity index (χ1v) is 12.4. The van der Waals surface area contributed by atoms with Crippen LogP contribution in [0.4, 0.5) is 0 Å². The molecule has 0 atom stereocenters. The van der Waals surface area contributed by atoms with Gasteiger partial charge < -0.3 is 9.47 Å². The second-order valence-corrected chi connectivity index (χ2v) is 9.65. The Balaban J connectivity index is 1.55. The number of ether oxygens (including phenoxy) is 2. The smallest absolute Gasteiger partial charge is 0.261 e. The summed E-state index contributed by atoms with van der Waals surface area (Å²) in [6, 6.07) is 14.7. The highest BCUT2D eigenvalue weighted by molar-refractivity contribution is 6.41. The molecule has 5 aromatic rings. The highest BCUT2D eigenvalue weighted by Crippen LogP contribution is 2.46. The molecule has 4 amide bonds. The summed E-state index contributed by atoms with van der Waals surface area (Å²) in [5.74, 6) is -1.36. The van der Waals surface area contributed by atoms with Crippen molar-refractivity contribution in [2.24, 2.45) is 0 Å². The van der Waals surface area contributed by atoms with Gasteiger partial charge in [-0.15, -0.1) is 0 Å². The van der Waals surface area contributed by atoms with Crippen molar-refractivity contribution in [3.63, 3.8) is 0 Å². The van der Waals surface area contributed by atoms with E-state index < -0.39 is 0 Å². The number of hydrogen-bond acceptors (Lipinski definition) is 6. The van der Waals surface area contributed by atoms with Crippen LogP contribution in [0.15, 0.2) is 48.5 Å².